The molecule has 4 aromatic carbocycles. The molecule has 4 rings (SSSR count). The van der Waals surface area contributed by atoms with Gasteiger partial charge in [0.25, 0.3) is 10.1 Å². The van der Waals surface area contributed by atoms with Crippen LogP contribution in [0.25, 0.3) is 0 Å². The van der Waals surface area contributed by atoms with Crippen molar-refractivity contribution in [3.8, 4) is 11.5 Å². The first-order chi connectivity index (χ1) is 29.6. The minimum atomic E-state index is -4.95. The Balaban J connectivity index is 1.90. The van der Waals surface area contributed by atoms with Gasteiger partial charge in [0.15, 0.2) is 19.7 Å². The molecule has 0 atom stereocenters. The molecule has 0 bridgehead atoms. The van der Waals surface area contributed by atoms with E-state index < -0.39 is 85.2 Å². The number of methoxy groups -OCH3 is 2. The quantitative estimate of drug-likeness (QED) is 0.00912. The summed E-state index contributed by atoms with van der Waals surface area (Å²) in [6.45, 7) is -0.933. The Kier molecular flexibility index (Phi) is 17.8. The SMILES string of the molecule is COc1ccc(S(=O)(=O)CCSOOO)cc1/N=N/c1cc(/N=N/c2cc(SOOO)ccc2S(=O)(=O)O)c(N)c(/N=N/c2cc(S(=O)(=O)CCOS(=O)(=O)O)ccc2OC)c1N. The molecule has 0 radical (unpaired) electrons. The number of nitrogen functional groups attached to an aromatic ring is 2. The van der Waals surface area contributed by atoms with Gasteiger partial charge in [-0.15, -0.1) is 39.4 Å². The second-order valence-corrected chi connectivity index (χ2v) is 19.8. The molecule has 0 aromatic heterocycles. The minimum absolute atomic E-state index is 0.0375. The first-order valence-corrected chi connectivity index (χ1v) is 24.2. The van der Waals surface area contributed by atoms with Crippen molar-refractivity contribution in [3.63, 3.8) is 0 Å². The first-order valence-electron chi connectivity index (χ1n) is 16.4. The predicted octanol–water partition coefficient (Wildman–Crippen LogP) is 6.23. The van der Waals surface area contributed by atoms with Crippen molar-refractivity contribution >= 4 is 110 Å². The minimum Gasteiger partial charge on any atom is -0.494 e. The second kappa shape index (κ2) is 22.1. The molecule has 8 N–H and O–H groups in total. The Morgan fingerprint density at radius 3 is 1.62 bits per heavy atom. The van der Waals surface area contributed by atoms with Crippen LogP contribution in [0.2, 0.25) is 0 Å². The van der Waals surface area contributed by atoms with E-state index in [-0.39, 0.29) is 55.5 Å². The summed E-state index contributed by atoms with van der Waals surface area (Å²) in [5.41, 5.74) is 10.1. The third kappa shape index (κ3) is 14.3. The van der Waals surface area contributed by atoms with Crippen LogP contribution >= 0.6 is 24.1 Å². The maximum atomic E-state index is 13.0. The number of hydrogen-bond acceptors (Lipinski definition) is 27. The molecule has 63 heavy (non-hydrogen) atoms. The predicted molar refractivity (Wildman–Crippen MR) is 220 cm³/mol. The van der Waals surface area contributed by atoms with Crippen LogP contribution in [0, 0.1) is 0 Å². The largest absolute Gasteiger partial charge is 0.494 e. The fourth-order valence-electron chi connectivity index (χ4n) is 4.73. The smallest absolute Gasteiger partial charge is 0.397 e. The van der Waals surface area contributed by atoms with E-state index in [0.717, 1.165) is 42.5 Å². The standard InChI is InChI=1S/C30H32N8O19S6/c1-51-25-7-5-19(61(43,44)12-10-58-56-54-39)15-20(25)33-36-23-16-24(37-35-22-13-17(59-57-55-40)3-8-27(22)62(45,46)47)29(32)30(28(23)31)38-34-21-14-18(4-6-26(21)52-2)60(41,42)11-9-53-63(48,49)50/h3-8,13-16,39-40H,9-12,31-32H2,1-2H3,(H,45,46,47)(H,48,49,50)/b36-33+,37-35+,38-34+. The summed E-state index contributed by atoms with van der Waals surface area (Å²) in [5.74, 6) is -1.52. The van der Waals surface area contributed by atoms with Crippen molar-refractivity contribution in [2.45, 2.75) is 19.6 Å². The van der Waals surface area contributed by atoms with Crippen LogP contribution in [-0.2, 0) is 63.1 Å². The summed E-state index contributed by atoms with van der Waals surface area (Å²) < 4.78 is 140. The van der Waals surface area contributed by atoms with Crippen molar-refractivity contribution in [2.24, 2.45) is 30.7 Å². The van der Waals surface area contributed by atoms with Gasteiger partial charge in [-0.1, -0.05) is 10.1 Å². The molecular weight excluding hydrogens is 969 g/mol. The van der Waals surface area contributed by atoms with Crippen molar-refractivity contribution < 1.29 is 85.7 Å². The van der Waals surface area contributed by atoms with Crippen LogP contribution in [0.5, 0.6) is 11.5 Å². The van der Waals surface area contributed by atoms with E-state index in [1.807, 2.05) is 0 Å². The highest BCUT2D eigenvalue weighted by Crippen LogP contribution is 2.47. The highest BCUT2D eigenvalue weighted by Gasteiger charge is 2.22. The Labute approximate surface area is 365 Å². The molecule has 0 aliphatic carbocycles. The van der Waals surface area contributed by atoms with Gasteiger partial charge in [-0.2, -0.15) is 16.8 Å². The average Bonchev–Trinajstić information content (AvgIpc) is 3.22. The number of hydrogen-bond donors (Lipinski definition) is 6. The molecule has 0 saturated carbocycles. The van der Waals surface area contributed by atoms with E-state index in [1.165, 1.54) is 32.4 Å². The molecule has 0 saturated heterocycles. The van der Waals surface area contributed by atoms with Crippen LogP contribution in [0.3, 0.4) is 0 Å². The van der Waals surface area contributed by atoms with Gasteiger partial charge in [-0.05, 0) is 60.7 Å². The number of sulfone groups is 2. The summed E-state index contributed by atoms with van der Waals surface area (Å²) in [5, 5.41) is 48.1. The lowest BCUT2D eigenvalue weighted by Crippen LogP contribution is -2.15. The van der Waals surface area contributed by atoms with Crippen LogP contribution < -0.4 is 20.9 Å². The number of anilines is 2. The highest BCUT2D eigenvalue weighted by atomic mass is 32.3. The second-order valence-electron chi connectivity index (χ2n) is 11.5. The maximum Gasteiger partial charge on any atom is 0.397 e. The lowest BCUT2D eigenvalue weighted by molar-refractivity contribution is -0.432. The van der Waals surface area contributed by atoms with Gasteiger partial charge in [0.2, 0.25) is 0 Å². The van der Waals surface area contributed by atoms with E-state index in [9.17, 15) is 38.2 Å². The van der Waals surface area contributed by atoms with Gasteiger partial charge in [0.1, 0.15) is 50.5 Å². The Morgan fingerprint density at radius 2 is 1.11 bits per heavy atom. The van der Waals surface area contributed by atoms with E-state index in [4.69, 9.17) is 36.0 Å². The van der Waals surface area contributed by atoms with Crippen LogP contribution in [0.15, 0.2) is 111 Å². The van der Waals surface area contributed by atoms with Crippen LogP contribution in [0.4, 0.5) is 45.5 Å². The molecule has 0 unspecified atom stereocenters. The molecule has 4 aromatic rings. The number of ether oxygens (including phenoxy) is 2. The molecule has 0 aliphatic heterocycles. The number of nitrogens with zero attached hydrogens (tertiary/aromatic N) is 6. The van der Waals surface area contributed by atoms with Gasteiger partial charge in [0.05, 0.1) is 65.5 Å². The van der Waals surface area contributed by atoms with Gasteiger partial charge in [-0.3, -0.25) is 9.11 Å². The van der Waals surface area contributed by atoms with E-state index in [0.29, 0.717) is 24.1 Å². The third-order valence-corrected chi connectivity index (χ3v) is 13.7. The summed E-state index contributed by atoms with van der Waals surface area (Å²) in [6, 6.07) is 11.2. The number of azo groups is 3. The Hall–Kier alpha value is -4.98. The molecule has 27 nitrogen and oxygen atoms in total. The van der Waals surface area contributed by atoms with E-state index in [2.05, 4.69) is 53.6 Å². The average molecular weight is 1000 g/mol. The normalized spacial score (nSPS) is 12.8. The lowest BCUT2D eigenvalue weighted by atomic mass is 10.2. The Bertz CT molecular complexity index is 2850. The first kappa shape index (κ1) is 50.7. The molecule has 0 heterocycles. The van der Waals surface area contributed by atoms with Crippen LogP contribution in [-0.4, -0.2) is 91.4 Å². The Morgan fingerprint density at radius 1 is 0.603 bits per heavy atom. The maximum absolute atomic E-state index is 13.0. The number of nitrogens with two attached hydrogens (primary N) is 2. The van der Waals surface area contributed by atoms with Crippen molar-refractivity contribution in [3.05, 3.63) is 60.7 Å². The van der Waals surface area contributed by atoms with E-state index >= 15 is 0 Å². The van der Waals surface area contributed by atoms with Crippen molar-refractivity contribution in [1.29, 1.82) is 0 Å². The van der Waals surface area contributed by atoms with E-state index in [1.54, 1.807) is 0 Å². The summed E-state index contributed by atoms with van der Waals surface area (Å²) in [4.78, 5) is -1.29. The zero-order valence-corrected chi connectivity index (χ0v) is 36.7. The third-order valence-electron chi connectivity index (χ3n) is 7.61. The molecule has 33 heteroatoms. The molecule has 342 valence electrons. The van der Waals surface area contributed by atoms with Gasteiger partial charge < -0.3 is 20.9 Å². The molecule has 0 spiro atoms. The van der Waals surface area contributed by atoms with Gasteiger partial charge in [-0.25, -0.2) is 31.5 Å². The van der Waals surface area contributed by atoms with Gasteiger partial charge in [0, 0.05) is 22.7 Å². The zero-order valence-electron chi connectivity index (χ0n) is 31.8. The highest BCUT2D eigenvalue weighted by molar-refractivity contribution is 7.97. The number of rotatable bonds is 23. The number of benzene rings is 4. The lowest BCUT2D eigenvalue weighted by Gasteiger charge is -2.11. The fourth-order valence-corrected chi connectivity index (χ4v) is 9.30. The van der Waals surface area contributed by atoms with Crippen molar-refractivity contribution in [2.75, 3.05) is 49.6 Å². The molecule has 0 amide bonds. The summed E-state index contributed by atoms with van der Waals surface area (Å²) in [6.07, 6.45) is 0. The molecule has 0 fully saturated rings. The van der Waals surface area contributed by atoms with Gasteiger partial charge >= 0.3 is 10.4 Å². The molecular formula is C30H32N8O19S6. The zero-order chi connectivity index (χ0) is 46.6. The summed E-state index contributed by atoms with van der Waals surface area (Å²) >= 11 is 0.927. The fraction of sp³-hybridized carbons (Fsp3) is 0.200. The monoisotopic (exact) mass is 1000 g/mol. The summed E-state index contributed by atoms with van der Waals surface area (Å²) in [7, 11) is -15.7. The van der Waals surface area contributed by atoms with Crippen LogP contribution in [0.1, 0.15) is 0 Å². The molecule has 0 aliphatic rings. The van der Waals surface area contributed by atoms with Crippen molar-refractivity contribution in [1.82, 2.24) is 0 Å². The topological polar surface area (TPSA) is 408 Å².